The lowest BCUT2D eigenvalue weighted by Gasteiger charge is -2.16. The van der Waals surface area contributed by atoms with Gasteiger partial charge in [0, 0.05) is 32.2 Å². The predicted octanol–water partition coefficient (Wildman–Crippen LogP) is 6.31. The van der Waals surface area contributed by atoms with Crippen molar-refractivity contribution < 1.29 is 4.79 Å². The summed E-state index contributed by atoms with van der Waals surface area (Å²) in [5, 5.41) is 6.49. The molecule has 5 heteroatoms. The molecule has 0 atom stereocenters. The summed E-state index contributed by atoms with van der Waals surface area (Å²) < 4.78 is 0. The van der Waals surface area contributed by atoms with Crippen molar-refractivity contribution in [3.63, 3.8) is 0 Å². The van der Waals surface area contributed by atoms with Crippen LogP contribution in [0, 0.1) is 6.92 Å². The fraction of sp³-hybridized carbons (Fsp3) is 0.0952. The van der Waals surface area contributed by atoms with E-state index in [9.17, 15) is 4.79 Å². The van der Waals surface area contributed by atoms with Gasteiger partial charge in [0.05, 0.1) is 11.4 Å². The van der Waals surface area contributed by atoms with Crippen molar-refractivity contribution in [2.24, 2.45) is 0 Å². The van der Waals surface area contributed by atoms with E-state index in [1.54, 1.807) is 23.5 Å². The van der Waals surface area contributed by atoms with Gasteiger partial charge in [-0.1, -0.05) is 47.8 Å². The number of benzene rings is 3. The van der Waals surface area contributed by atoms with Crippen LogP contribution in [0.3, 0.4) is 0 Å². The van der Waals surface area contributed by atoms with Crippen molar-refractivity contribution in [2.45, 2.75) is 33.4 Å². The molecular formula is C21H18N2OS2. The molecule has 0 aromatic heterocycles. The Hall–Kier alpha value is -2.37. The average molecular weight is 379 g/mol. The molecule has 1 aliphatic heterocycles. The van der Waals surface area contributed by atoms with E-state index in [0.717, 1.165) is 27.5 Å². The molecular weight excluding hydrogens is 360 g/mol. The molecule has 4 rings (SSSR count). The van der Waals surface area contributed by atoms with Crippen molar-refractivity contribution >= 4 is 46.5 Å². The van der Waals surface area contributed by atoms with Crippen LogP contribution in [0.2, 0.25) is 0 Å². The maximum atomic E-state index is 11.5. The molecule has 1 heterocycles. The van der Waals surface area contributed by atoms with Gasteiger partial charge in [-0.25, -0.2) is 0 Å². The summed E-state index contributed by atoms with van der Waals surface area (Å²) in [5.41, 5.74) is 3.94. The summed E-state index contributed by atoms with van der Waals surface area (Å²) >= 11 is 3.51. The molecule has 0 bridgehead atoms. The van der Waals surface area contributed by atoms with E-state index in [2.05, 4.69) is 59.2 Å². The fourth-order valence-corrected chi connectivity index (χ4v) is 5.03. The van der Waals surface area contributed by atoms with Gasteiger partial charge in [0.2, 0.25) is 5.91 Å². The third-order valence-corrected chi connectivity index (χ3v) is 6.50. The van der Waals surface area contributed by atoms with E-state index in [1.807, 2.05) is 19.1 Å². The monoisotopic (exact) mass is 378 g/mol. The van der Waals surface area contributed by atoms with Crippen molar-refractivity contribution in [1.82, 2.24) is 0 Å². The highest BCUT2D eigenvalue weighted by Crippen LogP contribution is 2.46. The van der Waals surface area contributed by atoms with Crippen LogP contribution in [-0.2, 0) is 4.79 Å². The van der Waals surface area contributed by atoms with Crippen LogP contribution < -0.4 is 10.6 Å². The molecule has 0 saturated heterocycles. The minimum Gasteiger partial charge on any atom is -0.354 e. The zero-order valence-corrected chi connectivity index (χ0v) is 16.1. The minimum atomic E-state index is -0.0647. The van der Waals surface area contributed by atoms with E-state index in [4.69, 9.17) is 0 Å². The van der Waals surface area contributed by atoms with Crippen LogP contribution in [0.15, 0.2) is 80.2 Å². The number of fused-ring (bicyclic) bond motifs is 3. The molecule has 3 aromatic carbocycles. The molecule has 130 valence electrons. The Balaban J connectivity index is 1.90. The van der Waals surface area contributed by atoms with Crippen molar-refractivity contribution in [3.05, 3.63) is 66.2 Å². The number of hydrogen-bond donors (Lipinski definition) is 2. The molecule has 0 unspecified atom stereocenters. The quantitative estimate of drug-likeness (QED) is 0.407. The average Bonchev–Trinajstić information content (AvgIpc) is 2.67. The molecule has 0 radical (unpaired) electrons. The van der Waals surface area contributed by atoms with Gasteiger partial charge in [0.15, 0.2) is 0 Å². The van der Waals surface area contributed by atoms with E-state index < -0.39 is 0 Å². The lowest BCUT2D eigenvalue weighted by atomic mass is 10.1. The highest BCUT2D eigenvalue weighted by molar-refractivity contribution is 8.02. The normalized spacial score (nSPS) is 12.4. The second-order valence-corrected chi connectivity index (χ2v) is 8.28. The molecule has 3 aromatic rings. The molecule has 26 heavy (non-hydrogen) atoms. The van der Waals surface area contributed by atoms with Gasteiger partial charge in [-0.3, -0.25) is 4.79 Å². The van der Waals surface area contributed by atoms with Crippen molar-refractivity contribution in [2.75, 3.05) is 10.6 Å². The fourth-order valence-electron chi connectivity index (χ4n) is 2.85. The van der Waals surface area contributed by atoms with Gasteiger partial charge in [0.25, 0.3) is 0 Å². The zero-order chi connectivity index (χ0) is 18.1. The largest absolute Gasteiger partial charge is 0.354 e. The zero-order valence-electron chi connectivity index (χ0n) is 14.5. The number of amides is 1. The molecule has 1 amide bonds. The summed E-state index contributed by atoms with van der Waals surface area (Å²) in [6.07, 6.45) is 0. The number of carbonyl (C=O) groups is 1. The maximum Gasteiger partial charge on any atom is 0.221 e. The molecule has 0 spiro atoms. The van der Waals surface area contributed by atoms with Crippen LogP contribution >= 0.6 is 23.5 Å². The summed E-state index contributed by atoms with van der Waals surface area (Å²) in [6, 6.07) is 20.9. The number of carbonyl (C=O) groups excluding carboxylic acids is 1. The topological polar surface area (TPSA) is 41.1 Å². The lowest BCUT2D eigenvalue weighted by molar-refractivity contribution is -0.114. The van der Waals surface area contributed by atoms with Gasteiger partial charge in [0.1, 0.15) is 0 Å². The van der Waals surface area contributed by atoms with Crippen LogP contribution in [-0.4, -0.2) is 5.91 Å². The van der Waals surface area contributed by atoms with E-state index >= 15 is 0 Å². The Morgan fingerprint density at radius 2 is 1.46 bits per heavy atom. The number of hydrogen-bond acceptors (Lipinski definition) is 4. The SMILES string of the molecule is CC(=O)Nc1cc2c(cc1C)Sc1ccccc1Sc1ccccc1N2. The predicted molar refractivity (Wildman–Crippen MR) is 110 cm³/mol. The Morgan fingerprint density at radius 3 is 2.15 bits per heavy atom. The number of aryl methyl sites for hydroxylation is 1. The van der Waals surface area contributed by atoms with Gasteiger partial charge in [-0.2, -0.15) is 0 Å². The van der Waals surface area contributed by atoms with Gasteiger partial charge >= 0.3 is 0 Å². The number of rotatable bonds is 1. The standard InChI is InChI=1S/C21H18N2OS2/c1-13-11-21-17(12-16(13)22-14(2)24)23-15-7-3-4-8-18(15)25-19-9-5-6-10-20(19)26-21/h3-12,23H,1-2H3,(H,22,24). The van der Waals surface area contributed by atoms with Crippen LogP contribution in [0.5, 0.6) is 0 Å². The first-order chi connectivity index (χ1) is 12.6. The van der Waals surface area contributed by atoms with Crippen LogP contribution in [0.1, 0.15) is 12.5 Å². The second-order valence-electron chi connectivity index (χ2n) is 6.12. The van der Waals surface area contributed by atoms with Gasteiger partial charge in [-0.15, -0.1) is 0 Å². The second kappa shape index (κ2) is 7.09. The van der Waals surface area contributed by atoms with Crippen LogP contribution in [0.25, 0.3) is 0 Å². The summed E-state index contributed by atoms with van der Waals surface area (Å²) in [6.45, 7) is 3.55. The Labute approximate surface area is 161 Å². The molecule has 0 aliphatic carbocycles. The molecule has 2 N–H and O–H groups in total. The number of nitrogens with one attached hydrogen (secondary N) is 2. The van der Waals surface area contributed by atoms with Gasteiger partial charge in [-0.05, 0) is 48.9 Å². The van der Waals surface area contributed by atoms with E-state index in [0.29, 0.717) is 0 Å². The Kier molecular flexibility index (Phi) is 4.66. The number of anilines is 3. The maximum absolute atomic E-state index is 11.5. The smallest absolute Gasteiger partial charge is 0.221 e. The van der Waals surface area contributed by atoms with Gasteiger partial charge < -0.3 is 10.6 Å². The molecule has 0 fully saturated rings. The third-order valence-electron chi connectivity index (χ3n) is 4.08. The molecule has 3 nitrogen and oxygen atoms in total. The minimum absolute atomic E-state index is 0.0647. The Bertz CT molecular complexity index is 1000. The van der Waals surface area contributed by atoms with E-state index in [-0.39, 0.29) is 5.91 Å². The highest BCUT2D eigenvalue weighted by atomic mass is 32.2. The summed E-state index contributed by atoms with van der Waals surface area (Å²) in [4.78, 5) is 16.3. The third kappa shape index (κ3) is 3.45. The highest BCUT2D eigenvalue weighted by Gasteiger charge is 2.17. The Morgan fingerprint density at radius 1 is 0.846 bits per heavy atom. The van der Waals surface area contributed by atoms with Crippen molar-refractivity contribution in [1.29, 1.82) is 0 Å². The molecule has 0 saturated carbocycles. The van der Waals surface area contributed by atoms with Crippen LogP contribution in [0.4, 0.5) is 17.1 Å². The van der Waals surface area contributed by atoms with Crippen molar-refractivity contribution in [3.8, 4) is 0 Å². The lowest BCUT2D eigenvalue weighted by Crippen LogP contribution is -2.08. The first-order valence-corrected chi connectivity index (χ1v) is 9.96. The van der Waals surface area contributed by atoms with E-state index in [1.165, 1.54) is 21.6 Å². The molecule has 1 aliphatic rings. The first-order valence-electron chi connectivity index (χ1n) is 8.33. The summed E-state index contributed by atoms with van der Waals surface area (Å²) in [5.74, 6) is -0.0647. The first kappa shape index (κ1) is 17.1. The summed E-state index contributed by atoms with van der Waals surface area (Å²) in [7, 11) is 0. The number of para-hydroxylation sites is 1.